The topological polar surface area (TPSA) is 78.1 Å². The van der Waals surface area contributed by atoms with Crippen LogP contribution in [-0.4, -0.2) is 22.9 Å². The molecule has 0 atom stereocenters. The highest BCUT2D eigenvalue weighted by Gasteiger charge is 2.27. The smallest absolute Gasteiger partial charge is 0.268 e. The van der Waals surface area contributed by atoms with Crippen molar-refractivity contribution < 1.29 is 13.2 Å². The van der Waals surface area contributed by atoms with E-state index in [9.17, 15) is 18.0 Å². The van der Waals surface area contributed by atoms with Crippen molar-refractivity contribution in [3.05, 3.63) is 106 Å². The van der Waals surface area contributed by atoms with Crippen molar-refractivity contribution in [2.75, 3.05) is 0 Å². The Hall–Kier alpha value is -3.45. The first-order valence-corrected chi connectivity index (χ1v) is 11.9. The van der Waals surface area contributed by atoms with Gasteiger partial charge in [0.1, 0.15) is 0 Å². The molecule has 4 rings (SSSR count). The SMILES string of the molecule is CC(C)(C)c1ccc(C(=O)n2c(=O)n(S(=O)(=O)Cc3ccccc3)c3ccccc32)cc1. The minimum Gasteiger partial charge on any atom is -0.268 e. The van der Waals surface area contributed by atoms with Gasteiger partial charge in [0.05, 0.1) is 16.8 Å². The van der Waals surface area contributed by atoms with E-state index in [1.165, 1.54) is 6.07 Å². The van der Waals surface area contributed by atoms with Crippen molar-refractivity contribution in [1.29, 1.82) is 0 Å². The van der Waals surface area contributed by atoms with Crippen molar-refractivity contribution in [2.45, 2.75) is 31.9 Å². The van der Waals surface area contributed by atoms with Crippen LogP contribution in [0.2, 0.25) is 0 Å². The molecule has 0 aliphatic carbocycles. The summed E-state index contributed by atoms with van der Waals surface area (Å²) in [5.74, 6) is -0.920. The lowest BCUT2D eigenvalue weighted by atomic mass is 9.87. The van der Waals surface area contributed by atoms with Gasteiger partial charge in [0, 0.05) is 5.56 Å². The number of rotatable bonds is 4. The third-order valence-electron chi connectivity index (χ3n) is 5.38. The van der Waals surface area contributed by atoms with Gasteiger partial charge in [-0.15, -0.1) is 0 Å². The van der Waals surface area contributed by atoms with Crippen LogP contribution in [-0.2, 0) is 21.2 Å². The molecule has 0 amide bonds. The van der Waals surface area contributed by atoms with E-state index in [0.29, 0.717) is 11.1 Å². The molecule has 0 aliphatic rings. The molecule has 0 aliphatic heterocycles. The fraction of sp³-hybridized carbons (Fsp3) is 0.200. The molecule has 0 saturated carbocycles. The van der Waals surface area contributed by atoms with Crippen molar-refractivity contribution in [2.24, 2.45) is 0 Å². The molecule has 4 aromatic rings. The zero-order chi connectivity index (χ0) is 23.1. The Morgan fingerprint density at radius 3 is 1.97 bits per heavy atom. The van der Waals surface area contributed by atoms with Crippen LogP contribution in [0.25, 0.3) is 11.0 Å². The predicted octanol–water partition coefficient (Wildman–Crippen LogP) is 4.17. The van der Waals surface area contributed by atoms with E-state index < -0.39 is 21.6 Å². The lowest BCUT2D eigenvalue weighted by Crippen LogP contribution is -2.33. The molecule has 0 N–H and O–H groups in total. The quantitative estimate of drug-likeness (QED) is 0.470. The monoisotopic (exact) mass is 448 g/mol. The van der Waals surface area contributed by atoms with E-state index in [-0.39, 0.29) is 22.2 Å². The minimum absolute atomic E-state index is 0.0834. The maximum absolute atomic E-state index is 13.3. The molecular formula is C25H24N2O4S. The van der Waals surface area contributed by atoms with Crippen LogP contribution in [0.5, 0.6) is 0 Å². The summed E-state index contributed by atoms with van der Waals surface area (Å²) in [7, 11) is -4.06. The summed E-state index contributed by atoms with van der Waals surface area (Å²) in [5.41, 5.74) is 1.36. The molecule has 7 heteroatoms. The van der Waals surface area contributed by atoms with Crippen LogP contribution in [0.1, 0.15) is 42.3 Å². The second-order valence-electron chi connectivity index (χ2n) is 8.75. The zero-order valence-electron chi connectivity index (χ0n) is 18.1. The van der Waals surface area contributed by atoms with Crippen LogP contribution in [0, 0.1) is 0 Å². The second kappa shape index (κ2) is 7.91. The Balaban J connectivity index is 1.85. The normalized spacial score (nSPS) is 12.2. The largest absolute Gasteiger partial charge is 0.350 e. The number of para-hydroxylation sites is 2. The summed E-state index contributed by atoms with van der Waals surface area (Å²) in [6.07, 6.45) is 0. The Labute approximate surface area is 186 Å². The predicted molar refractivity (Wildman–Crippen MR) is 126 cm³/mol. The number of imidazole rings is 1. The number of carbonyl (C=O) groups is 1. The van der Waals surface area contributed by atoms with Gasteiger partial charge < -0.3 is 0 Å². The number of hydrogen-bond donors (Lipinski definition) is 0. The molecular weight excluding hydrogens is 424 g/mol. The fourth-order valence-electron chi connectivity index (χ4n) is 3.68. The van der Waals surface area contributed by atoms with E-state index in [4.69, 9.17) is 0 Å². The molecule has 0 radical (unpaired) electrons. The highest BCUT2D eigenvalue weighted by atomic mass is 32.2. The molecule has 1 aromatic heterocycles. The lowest BCUT2D eigenvalue weighted by Gasteiger charge is -2.19. The summed E-state index contributed by atoms with van der Waals surface area (Å²) in [6.45, 7) is 6.21. The first-order chi connectivity index (χ1) is 15.1. The van der Waals surface area contributed by atoms with Crippen LogP contribution < -0.4 is 5.69 Å². The van der Waals surface area contributed by atoms with E-state index in [1.54, 1.807) is 60.7 Å². The average molecular weight is 449 g/mol. The van der Waals surface area contributed by atoms with Gasteiger partial charge in [-0.3, -0.25) is 4.79 Å². The van der Waals surface area contributed by atoms with Crippen molar-refractivity contribution >= 4 is 27.0 Å². The molecule has 3 aromatic carbocycles. The van der Waals surface area contributed by atoms with Gasteiger partial charge in [-0.1, -0.05) is 75.4 Å². The number of fused-ring (bicyclic) bond motifs is 1. The molecule has 164 valence electrons. The zero-order valence-corrected chi connectivity index (χ0v) is 19.0. The number of benzene rings is 3. The van der Waals surface area contributed by atoms with Crippen molar-refractivity contribution in [3.8, 4) is 0 Å². The maximum atomic E-state index is 13.3. The van der Waals surface area contributed by atoms with Gasteiger partial charge in [-0.2, -0.15) is 3.97 Å². The number of carbonyl (C=O) groups excluding carboxylic acids is 1. The Kier molecular flexibility index (Phi) is 5.38. The first-order valence-electron chi connectivity index (χ1n) is 10.2. The number of nitrogens with zero attached hydrogens (tertiary/aromatic N) is 2. The summed E-state index contributed by atoms with van der Waals surface area (Å²) in [6, 6.07) is 22.1. The molecule has 1 heterocycles. The van der Waals surface area contributed by atoms with Crippen LogP contribution in [0.3, 0.4) is 0 Å². The molecule has 0 bridgehead atoms. The Morgan fingerprint density at radius 1 is 0.812 bits per heavy atom. The molecule has 6 nitrogen and oxygen atoms in total. The summed E-state index contributed by atoms with van der Waals surface area (Å²) >= 11 is 0. The van der Waals surface area contributed by atoms with E-state index in [1.807, 2.05) is 12.1 Å². The lowest BCUT2D eigenvalue weighted by molar-refractivity contribution is 0.0960. The van der Waals surface area contributed by atoms with Gasteiger partial charge >= 0.3 is 5.69 Å². The fourth-order valence-corrected chi connectivity index (χ4v) is 5.19. The molecule has 32 heavy (non-hydrogen) atoms. The summed E-state index contributed by atoms with van der Waals surface area (Å²) in [5, 5.41) is 0. The Morgan fingerprint density at radius 2 is 1.38 bits per heavy atom. The molecule has 0 saturated heterocycles. The summed E-state index contributed by atoms with van der Waals surface area (Å²) in [4.78, 5) is 26.6. The van der Waals surface area contributed by atoms with Gasteiger partial charge in [0.15, 0.2) is 0 Å². The van der Waals surface area contributed by atoms with E-state index >= 15 is 0 Å². The van der Waals surface area contributed by atoms with Crippen molar-refractivity contribution in [1.82, 2.24) is 8.54 Å². The van der Waals surface area contributed by atoms with E-state index in [0.717, 1.165) is 14.1 Å². The van der Waals surface area contributed by atoms with Crippen LogP contribution >= 0.6 is 0 Å². The third-order valence-corrected chi connectivity index (χ3v) is 6.98. The summed E-state index contributed by atoms with van der Waals surface area (Å²) < 4.78 is 28.1. The maximum Gasteiger partial charge on any atom is 0.350 e. The van der Waals surface area contributed by atoms with E-state index in [2.05, 4.69) is 20.8 Å². The highest BCUT2D eigenvalue weighted by molar-refractivity contribution is 7.89. The Bertz CT molecular complexity index is 1460. The van der Waals surface area contributed by atoms with Crippen molar-refractivity contribution in [3.63, 3.8) is 0 Å². The van der Waals surface area contributed by atoms with Gasteiger partial charge in [0.25, 0.3) is 5.91 Å². The van der Waals surface area contributed by atoms with Crippen LogP contribution in [0.4, 0.5) is 0 Å². The average Bonchev–Trinajstić information content (AvgIpc) is 3.05. The highest BCUT2D eigenvalue weighted by Crippen LogP contribution is 2.23. The number of aromatic nitrogens is 2. The first kappa shape index (κ1) is 21.8. The van der Waals surface area contributed by atoms with Gasteiger partial charge in [-0.25, -0.2) is 17.8 Å². The standard InChI is InChI=1S/C25H24N2O4S/c1-25(2,3)20-15-13-19(14-16-20)23(28)26-21-11-7-8-12-22(21)27(24(26)29)32(30,31)17-18-9-5-4-6-10-18/h4-16H,17H2,1-3H3. The molecule has 0 unspecified atom stereocenters. The molecule has 0 spiro atoms. The third kappa shape index (κ3) is 3.91. The second-order valence-corrected chi connectivity index (χ2v) is 10.6. The van der Waals surface area contributed by atoms with Crippen LogP contribution in [0.15, 0.2) is 83.7 Å². The molecule has 0 fully saturated rings. The number of hydrogen-bond acceptors (Lipinski definition) is 4. The van der Waals surface area contributed by atoms with Gasteiger partial charge in [-0.05, 0) is 40.8 Å². The van der Waals surface area contributed by atoms with Gasteiger partial charge in [0.2, 0.25) is 10.0 Å². The minimum atomic E-state index is -4.06.